The molecule has 0 bridgehead atoms. The highest BCUT2D eigenvalue weighted by Crippen LogP contribution is 2.31. The summed E-state index contributed by atoms with van der Waals surface area (Å²) in [5, 5.41) is 6.97. The lowest BCUT2D eigenvalue weighted by Crippen LogP contribution is -2.03. The topological polar surface area (TPSA) is 51.0 Å². The van der Waals surface area contributed by atoms with Gasteiger partial charge in [0.2, 0.25) is 0 Å². The van der Waals surface area contributed by atoms with Gasteiger partial charge in [0.15, 0.2) is 5.82 Å². The Bertz CT molecular complexity index is 271. The Balaban J connectivity index is 1.95. The first-order valence-corrected chi connectivity index (χ1v) is 4.38. The molecule has 1 aromatic rings. The van der Waals surface area contributed by atoms with Gasteiger partial charge in [0.05, 0.1) is 0 Å². The van der Waals surface area contributed by atoms with Crippen LogP contribution in [-0.2, 0) is 6.42 Å². The van der Waals surface area contributed by atoms with Gasteiger partial charge < -0.3 is 9.84 Å². The van der Waals surface area contributed by atoms with Crippen molar-refractivity contribution in [2.24, 2.45) is 5.92 Å². The number of aryl methyl sites for hydroxylation is 1. The zero-order valence-electron chi connectivity index (χ0n) is 7.37. The number of aromatic nitrogens is 2. The fourth-order valence-electron chi connectivity index (χ4n) is 1.14. The Morgan fingerprint density at radius 1 is 1.67 bits per heavy atom. The second-order valence-corrected chi connectivity index (χ2v) is 3.33. The molecule has 1 aromatic heterocycles. The summed E-state index contributed by atoms with van der Waals surface area (Å²) < 4.78 is 4.98. The monoisotopic (exact) mass is 167 g/mol. The highest BCUT2D eigenvalue weighted by Gasteiger charge is 2.33. The molecule has 1 saturated carbocycles. The number of nitrogens with zero attached hydrogens (tertiary/aromatic N) is 2. The van der Waals surface area contributed by atoms with Gasteiger partial charge in [-0.05, 0) is 12.3 Å². The number of anilines is 1. The molecule has 0 amide bonds. The van der Waals surface area contributed by atoms with Crippen LogP contribution in [0, 0.1) is 5.92 Å². The highest BCUT2D eigenvalue weighted by atomic mass is 16.5. The largest absolute Gasteiger partial charge is 0.335 e. The van der Waals surface area contributed by atoms with Gasteiger partial charge in [-0.2, -0.15) is 4.98 Å². The number of nitrogens with one attached hydrogen (secondary N) is 1. The van der Waals surface area contributed by atoms with Crippen LogP contribution in [0.25, 0.3) is 0 Å². The molecule has 2 unspecified atom stereocenters. The van der Waals surface area contributed by atoms with E-state index in [0.717, 1.165) is 18.2 Å². The molecule has 2 rings (SSSR count). The Morgan fingerprint density at radius 2 is 2.42 bits per heavy atom. The average Bonchev–Trinajstić information content (AvgIpc) is 2.61. The molecule has 4 nitrogen and oxygen atoms in total. The number of hydrogen-bond acceptors (Lipinski definition) is 4. The van der Waals surface area contributed by atoms with Crippen molar-refractivity contribution < 1.29 is 4.52 Å². The van der Waals surface area contributed by atoms with E-state index in [4.69, 9.17) is 4.52 Å². The molecule has 4 heteroatoms. The Morgan fingerprint density at radius 3 is 2.92 bits per heavy atom. The van der Waals surface area contributed by atoms with Gasteiger partial charge in [-0.15, -0.1) is 0 Å². The van der Waals surface area contributed by atoms with E-state index in [0.29, 0.717) is 12.1 Å². The van der Waals surface area contributed by atoms with E-state index >= 15 is 0 Å². The van der Waals surface area contributed by atoms with Crippen LogP contribution >= 0.6 is 0 Å². The maximum absolute atomic E-state index is 4.98. The summed E-state index contributed by atoms with van der Waals surface area (Å²) in [5.74, 6) is 1.52. The van der Waals surface area contributed by atoms with Crippen LogP contribution in [0.4, 0.5) is 6.01 Å². The fraction of sp³-hybridized carbons (Fsp3) is 0.750. The molecule has 1 aliphatic carbocycles. The van der Waals surface area contributed by atoms with Gasteiger partial charge in [0.25, 0.3) is 0 Å². The first-order valence-electron chi connectivity index (χ1n) is 4.38. The molecule has 0 radical (unpaired) electrons. The molecule has 0 saturated heterocycles. The summed E-state index contributed by atoms with van der Waals surface area (Å²) in [7, 11) is 0. The SMILES string of the molecule is CCc1noc(NC2CC2C)n1. The van der Waals surface area contributed by atoms with E-state index in [-0.39, 0.29) is 0 Å². The normalized spacial score (nSPS) is 27.2. The van der Waals surface area contributed by atoms with Gasteiger partial charge in [-0.3, -0.25) is 0 Å². The molecule has 2 atom stereocenters. The van der Waals surface area contributed by atoms with Crippen molar-refractivity contribution in [1.29, 1.82) is 0 Å². The quantitative estimate of drug-likeness (QED) is 0.740. The second kappa shape index (κ2) is 2.77. The summed E-state index contributed by atoms with van der Waals surface area (Å²) >= 11 is 0. The third-order valence-electron chi connectivity index (χ3n) is 2.20. The number of rotatable bonds is 3. The van der Waals surface area contributed by atoms with Crippen molar-refractivity contribution in [1.82, 2.24) is 10.1 Å². The fourth-order valence-corrected chi connectivity index (χ4v) is 1.14. The van der Waals surface area contributed by atoms with Gasteiger partial charge in [-0.1, -0.05) is 19.0 Å². The molecule has 0 aliphatic heterocycles. The van der Waals surface area contributed by atoms with Crippen LogP contribution < -0.4 is 5.32 Å². The minimum atomic E-state index is 0.551. The third-order valence-corrected chi connectivity index (χ3v) is 2.20. The van der Waals surface area contributed by atoms with E-state index < -0.39 is 0 Å². The lowest BCUT2D eigenvalue weighted by atomic mass is 10.5. The van der Waals surface area contributed by atoms with Gasteiger partial charge >= 0.3 is 6.01 Å². The summed E-state index contributed by atoms with van der Waals surface area (Å²) in [6.45, 7) is 4.21. The van der Waals surface area contributed by atoms with Crippen LogP contribution in [0.5, 0.6) is 0 Å². The molecule has 12 heavy (non-hydrogen) atoms. The maximum atomic E-state index is 4.98. The van der Waals surface area contributed by atoms with Crippen molar-refractivity contribution in [3.63, 3.8) is 0 Å². The standard InChI is InChI=1S/C8H13N3O/c1-3-7-10-8(12-11-7)9-6-4-5(6)2/h5-6H,3-4H2,1-2H3,(H,9,10,11). The van der Waals surface area contributed by atoms with Crippen molar-refractivity contribution >= 4 is 6.01 Å². The van der Waals surface area contributed by atoms with Crippen molar-refractivity contribution in [2.75, 3.05) is 5.32 Å². The summed E-state index contributed by atoms with van der Waals surface area (Å²) in [5.41, 5.74) is 0. The summed E-state index contributed by atoms with van der Waals surface area (Å²) in [6.07, 6.45) is 2.04. The summed E-state index contributed by atoms with van der Waals surface area (Å²) in [4.78, 5) is 4.15. The van der Waals surface area contributed by atoms with Gasteiger partial charge in [0, 0.05) is 12.5 Å². The van der Waals surface area contributed by atoms with Crippen molar-refractivity contribution in [3.8, 4) is 0 Å². The Kier molecular flexibility index (Phi) is 1.75. The van der Waals surface area contributed by atoms with Gasteiger partial charge in [-0.25, -0.2) is 0 Å². The molecule has 66 valence electrons. The molecule has 1 N–H and O–H groups in total. The lowest BCUT2D eigenvalue weighted by Gasteiger charge is -1.94. The molecule has 1 aliphatic rings. The minimum absolute atomic E-state index is 0.551. The van der Waals surface area contributed by atoms with E-state index in [2.05, 4.69) is 22.4 Å². The third kappa shape index (κ3) is 1.42. The average molecular weight is 167 g/mol. The molecule has 1 fully saturated rings. The van der Waals surface area contributed by atoms with E-state index in [1.54, 1.807) is 0 Å². The predicted molar refractivity (Wildman–Crippen MR) is 44.9 cm³/mol. The Hall–Kier alpha value is -1.06. The minimum Gasteiger partial charge on any atom is -0.335 e. The van der Waals surface area contributed by atoms with E-state index in [9.17, 15) is 0 Å². The van der Waals surface area contributed by atoms with Crippen molar-refractivity contribution in [2.45, 2.75) is 32.7 Å². The summed E-state index contributed by atoms with van der Waals surface area (Å²) in [6, 6.07) is 1.12. The van der Waals surface area contributed by atoms with Crippen LogP contribution in [0.15, 0.2) is 4.52 Å². The maximum Gasteiger partial charge on any atom is 0.321 e. The molecule has 0 spiro atoms. The predicted octanol–water partition coefficient (Wildman–Crippen LogP) is 1.45. The Labute approximate surface area is 71.4 Å². The molecule has 0 aromatic carbocycles. The van der Waals surface area contributed by atoms with Crippen LogP contribution in [0.2, 0.25) is 0 Å². The smallest absolute Gasteiger partial charge is 0.321 e. The van der Waals surface area contributed by atoms with Crippen LogP contribution in [0.3, 0.4) is 0 Å². The van der Waals surface area contributed by atoms with Gasteiger partial charge in [0.1, 0.15) is 0 Å². The van der Waals surface area contributed by atoms with Crippen LogP contribution in [0.1, 0.15) is 26.1 Å². The van der Waals surface area contributed by atoms with E-state index in [1.165, 1.54) is 6.42 Å². The lowest BCUT2D eigenvalue weighted by molar-refractivity contribution is 0.422. The van der Waals surface area contributed by atoms with Crippen LogP contribution in [-0.4, -0.2) is 16.2 Å². The highest BCUT2D eigenvalue weighted by molar-refractivity contribution is 5.24. The first-order chi connectivity index (χ1) is 5.79. The molecule has 1 heterocycles. The zero-order chi connectivity index (χ0) is 8.55. The van der Waals surface area contributed by atoms with E-state index in [1.807, 2.05) is 6.92 Å². The first kappa shape index (κ1) is 7.58. The number of hydrogen-bond donors (Lipinski definition) is 1. The second-order valence-electron chi connectivity index (χ2n) is 3.33. The molecular formula is C8H13N3O. The molecular weight excluding hydrogens is 154 g/mol. The van der Waals surface area contributed by atoms with Crippen molar-refractivity contribution in [3.05, 3.63) is 5.82 Å². The zero-order valence-corrected chi connectivity index (χ0v) is 7.37.